The van der Waals surface area contributed by atoms with Crippen molar-refractivity contribution in [3.63, 3.8) is 0 Å². The first kappa shape index (κ1) is 19.4. The third kappa shape index (κ3) is 5.84. The zero-order valence-corrected chi connectivity index (χ0v) is 16.0. The van der Waals surface area contributed by atoms with E-state index < -0.39 is 0 Å². The van der Waals surface area contributed by atoms with Crippen LogP contribution in [0.2, 0.25) is 0 Å². The maximum absolute atomic E-state index is 12.4. The number of carbonyl (C=O) groups excluding carboxylic acids is 1. The van der Waals surface area contributed by atoms with Gasteiger partial charge in [0.15, 0.2) is 0 Å². The molecule has 0 bridgehead atoms. The predicted molar refractivity (Wildman–Crippen MR) is 112 cm³/mol. The molecule has 2 aromatic carbocycles. The fourth-order valence-electron chi connectivity index (χ4n) is 2.87. The second kappa shape index (κ2) is 10.1. The van der Waals surface area contributed by atoms with Gasteiger partial charge in [-0.25, -0.2) is 0 Å². The number of methoxy groups -OCH3 is 1. The Labute approximate surface area is 165 Å². The molecule has 28 heavy (non-hydrogen) atoms. The summed E-state index contributed by atoms with van der Waals surface area (Å²) in [5.41, 5.74) is 3.82. The first-order valence-corrected chi connectivity index (χ1v) is 9.38. The predicted octanol–water partition coefficient (Wildman–Crippen LogP) is 3.72. The molecule has 3 rings (SSSR count). The summed E-state index contributed by atoms with van der Waals surface area (Å²) in [6.07, 6.45) is 5.00. The van der Waals surface area contributed by atoms with Crippen molar-refractivity contribution in [1.82, 2.24) is 10.3 Å². The highest BCUT2D eigenvalue weighted by Crippen LogP contribution is 2.12. The molecule has 0 fully saturated rings. The van der Waals surface area contributed by atoms with Gasteiger partial charge >= 0.3 is 0 Å². The number of aromatic nitrogens is 1. The van der Waals surface area contributed by atoms with Gasteiger partial charge < -0.3 is 15.4 Å². The minimum Gasteiger partial charge on any atom is -0.497 e. The minimum atomic E-state index is -0.118. The van der Waals surface area contributed by atoms with Crippen LogP contribution in [0.25, 0.3) is 0 Å². The average Bonchev–Trinajstić information content (AvgIpc) is 2.75. The molecular weight excluding hydrogens is 350 g/mol. The Morgan fingerprint density at radius 3 is 2.39 bits per heavy atom. The number of carbonyl (C=O) groups is 1. The fourth-order valence-corrected chi connectivity index (χ4v) is 2.87. The number of hydrogen-bond acceptors (Lipinski definition) is 4. The number of hydrogen-bond donors (Lipinski definition) is 2. The van der Waals surface area contributed by atoms with E-state index in [0.29, 0.717) is 12.1 Å². The van der Waals surface area contributed by atoms with Crippen LogP contribution in [-0.2, 0) is 12.8 Å². The number of anilines is 1. The van der Waals surface area contributed by atoms with Gasteiger partial charge in [-0.15, -0.1) is 0 Å². The Balaban J connectivity index is 1.46. The molecule has 0 aliphatic heterocycles. The molecule has 0 aliphatic carbocycles. The molecule has 1 heterocycles. The smallest absolute Gasteiger partial charge is 0.252 e. The van der Waals surface area contributed by atoms with Crippen molar-refractivity contribution in [1.29, 1.82) is 0 Å². The zero-order valence-electron chi connectivity index (χ0n) is 16.0. The molecular formula is C23H25N3O2. The molecule has 1 aromatic heterocycles. The van der Waals surface area contributed by atoms with E-state index in [1.807, 2.05) is 48.5 Å². The lowest BCUT2D eigenvalue weighted by molar-refractivity contribution is 0.0954. The van der Waals surface area contributed by atoms with Crippen molar-refractivity contribution in [2.75, 3.05) is 25.5 Å². The normalized spacial score (nSPS) is 10.3. The minimum absolute atomic E-state index is 0.118. The molecule has 0 unspecified atom stereocenters. The summed E-state index contributed by atoms with van der Waals surface area (Å²) in [6, 6.07) is 20.0. The van der Waals surface area contributed by atoms with E-state index in [-0.39, 0.29) is 5.91 Å². The van der Waals surface area contributed by atoms with Crippen molar-refractivity contribution in [2.45, 2.75) is 12.8 Å². The van der Waals surface area contributed by atoms with E-state index in [4.69, 9.17) is 4.74 Å². The third-order valence-electron chi connectivity index (χ3n) is 4.44. The molecule has 144 valence electrons. The third-order valence-corrected chi connectivity index (χ3v) is 4.44. The summed E-state index contributed by atoms with van der Waals surface area (Å²) >= 11 is 0. The Morgan fingerprint density at radius 1 is 0.929 bits per heavy atom. The average molecular weight is 375 g/mol. The van der Waals surface area contributed by atoms with Gasteiger partial charge in [-0.1, -0.05) is 42.5 Å². The topological polar surface area (TPSA) is 63.2 Å². The largest absolute Gasteiger partial charge is 0.497 e. The molecule has 5 heteroatoms. The number of rotatable bonds is 9. The maximum atomic E-state index is 12.4. The van der Waals surface area contributed by atoms with Crippen molar-refractivity contribution < 1.29 is 9.53 Å². The van der Waals surface area contributed by atoms with Crippen LogP contribution >= 0.6 is 0 Å². The highest BCUT2D eigenvalue weighted by molar-refractivity contribution is 5.94. The van der Waals surface area contributed by atoms with Gasteiger partial charge in [-0.2, -0.15) is 0 Å². The first-order valence-electron chi connectivity index (χ1n) is 9.38. The van der Waals surface area contributed by atoms with Crippen molar-refractivity contribution in [3.05, 3.63) is 89.7 Å². The van der Waals surface area contributed by atoms with E-state index in [0.717, 1.165) is 36.4 Å². The van der Waals surface area contributed by atoms with Crippen LogP contribution < -0.4 is 15.4 Å². The number of nitrogens with one attached hydrogen (secondary N) is 2. The Morgan fingerprint density at radius 2 is 1.64 bits per heavy atom. The van der Waals surface area contributed by atoms with Gasteiger partial charge in [0.1, 0.15) is 5.75 Å². The Hall–Kier alpha value is -3.34. The quantitative estimate of drug-likeness (QED) is 0.598. The maximum Gasteiger partial charge on any atom is 0.252 e. The summed E-state index contributed by atoms with van der Waals surface area (Å²) in [6.45, 7) is 1.35. The van der Waals surface area contributed by atoms with Crippen LogP contribution in [0, 0.1) is 0 Å². The van der Waals surface area contributed by atoms with Gasteiger partial charge in [0.05, 0.1) is 18.4 Å². The second-order valence-electron chi connectivity index (χ2n) is 6.48. The molecule has 0 spiro atoms. The van der Waals surface area contributed by atoms with Gasteiger partial charge in [0.2, 0.25) is 0 Å². The van der Waals surface area contributed by atoms with Gasteiger partial charge in [-0.05, 0) is 42.2 Å². The molecule has 3 aromatic rings. The lowest BCUT2D eigenvalue weighted by Gasteiger charge is -2.09. The van der Waals surface area contributed by atoms with E-state index in [2.05, 4.69) is 27.8 Å². The Bertz CT molecular complexity index is 880. The van der Waals surface area contributed by atoms with Crippen molar-refractivity contribution in [3.8, 4) is 5.75 Å². The van der Waals surface area contributed by atoms with Crippen LogP contribution in [0.5, 0.6) is 5.75 Å². The molecule has 0 aliphatic rings. The number of amides is 1. The van der Waals surface area contributed by atoms with Crippen molar-refractivity contribution >= 4 is 11.6 Å². The molecule has 2 N–H and O–H groups in total. The van der Waals surface area contributed by atoms with E-state index in [1.165, 1.54) is 5.56 Å². The molecule has 0 saturated heterocycles. The highest BCUT2D eigenvalue weighted by Gasteiger charge is 2.07. The standard InChI is InChI=1S/C23H25N3O2/c1-28-22-9-7-19(8-10-22)12-14-26-23(27)20-15-21(17-24-16-20)25-13-11-18-5-3-2-4-6-18/h2-10,15-17,25H,11-14H2,1H3,(H,26,27). The molecule has 0 radical (unpaired) electrons. The van der Waals surface area contributed by atoms with Gasteiger partial charge in [-0.3, -0.25) is 9.78 Å². The van der Waals surface area contributed by atoms with Gasteiger partial charge in [0.25, 0.3) is 5.91 Å². The first-order chi connectivity index (χ1) is 13.7. The number of nitrogens with zero attached hydrogens (tertiary/aromatic N) is 1. The van der Waals surface area contributed by atoms with Crippen LogP contribution in [0.15, 0.2) is 73.1 Å². The Kier molecular flexibility index (Phi) is 7.01. The van der Waals surface area contributed by atoms with Crippen LogP contribution in [0.4, 0.5) is 5.69 Å². The van der Waals surface area contributed by atoms with Crippen LogP contribution in [0.1, 0.15) is 21.5 Å². The lowest BCUT2D eigenvalue weighted by atomic mass is 10.1. The summed E-state index contributed by atoms with van der Waals surface area (Å²) in [4.78, 5) is 16.6. The van der Waals surface area contributed by atoms with Crippen LogP contribution in [0.3, 0.4) is 0 Å². The summed E-state index contributed by atoms with van der Waals surface area (Å²) in [5, 5.41) is 6.27. The molecule has 5 nitrogen and oxygen atoms in total. The summed E-state index contributed by atoms with van der Waals surface area (Å²) in [5.74, 6) is 0.711. The van der Waals surface area contributed by atoms with E-state index in [1.54, 1.807) is 19.5 Å². The van der Waals surface area contributed by atoms with E-state index in [9.17, 15) is 4.79 Å². The molecule has 0 saturated carbocycles. The second-order valence-corrected chi connectivity index (χ2v) is 6.48. The monoisotopic (exact) mass is 375 g/mol. The zero-order chi connectivity index (χ0) is 19.6. The van der Waals surface area contributed by atoms with Crippen LogP contribution in [-0.4, -0.2) is 31.1 Å². The summed E-state index contributed by atoms with van der Waals surface area (Å²) < 4.78 is 5.15. The molecule has 0 atom stereocenters. The number of benzene rings is 2. The van der Waals surface area contributed by atoms with E-state index >= 15 is 0 Å². The highest BCUT2D eigenvalue weighted by atomic mass is 16.5. The van der Waals surface area contributed by atoms with Crippen molar-refractivity contribution in [2.24, 2.45) is 0 Å². The number of pyridine rings is 1. The summed E-state index contributed by atoms with van der Waals surface area (Å²) in [7, 11) is 1.65. The molecule has 1 amide bonds. The lowest BCUT2D eigenvalue weighted by Crippen LogP contribution is -2.26. The number of ether oxygens (including phenoxy) is 1. The SMILES string of the molecule is COc1ccc(CCNC(=O)c2cncc(NCCc3ccccc3)c2)cc1. The van der Waals surface area contributed by atoms with Gasteiger partial charge in [0, 0.05) is 25.5 Å². The fraction of sp³-hybridized carbons (Fsp3) is 0.217.